The third-order valence-electron chi connectivity index (χ3n) is 4.23. The van der Waals surface area contributed by atoms with Gasteiger partial charge in [-0.2, -0.15) is 9.40 Å². The van der Waals surface area contributed by atoms with Crippen LogP contribution < -0.4 is 5.73 Å². The van der Waals surface area contributed by atoms with Crippen molar-refractivity contribution in [2.75, 3.05) is 20.2 Å². The third kappa shape index (κ3) is 2.85. The second kappa shape index (κ2) is 6.04. The number of aromatic nitrogens is 2. The molecule has 7 nitrogen and oxygen atoms in total. The number of piperidine rings is 1. The lowest BCUT2D eigenvalue weighted by atomic mass is 10.0. The molecule has 0 amide bonds. The van der Waals surface area contributed by atoms with Crippen molar-refractivity contribution < 1.29 is 13.2 Å². The smallest absolute Gasteiger partial charge is 0.247 e. The van der Waals surface area contributed by atoms with Crippen LogP contribution in [0.5, 0.6) is 0 Å². The fraction of sp³-hybridized carbons (Fsp3) is 0.769. The number of hydrogen-bond acceptors (Lipinski definition) is 5. The Balaban J connectivity index is 2.39. The van der Waals surface area contributed by atoms with Crippen LogP contribution in [0.15, 0.2) is 4.90 Å². The lowest BCUT2D eigenvalue weighted by Gasteiger charge is -2.37. The minimum atomic E-state index is -3.58. The quantitative estimate of drug-likeness (QED) is 0.855. The number of methoxy groups -OCH3 is 1. The molecule has 2 heterocycles. The second-order valence-corrected chi connectivity index (χ2v) is 7.34. The van der Waals surface area contributed by atoms with Gasteiger partial charge in [-0.3, -0.25) is 4.68 Å². The molecule has 1 aromatic rings. The molecule has 1 fully saturated rings. The van der Waals surface area contributed by atoms with Gasteiger partial charge in [-0.25, -0.2) is 8.42 Å². The average Bonchev–Trinajstić information content (AvgIpc) is 2.71. The zero-order valence-corrected chi connectivity index (χ0v) is 13.9. The van der Waals surface area contributed by atoms with E-state index < -0.39 is 10.0 Å². The molecule has 2 rings (SSSR count). The van der Waals surface area contributed by atoms with E-state index in [0.717, 1.165) is 0 Å². The fourth-order valence-electron chi connectivity index (χ4n) is 2.98. The molecule has 1 aromatic heterocycles. The van der Waals surface area contributed by atoms with Crippen LogP contribution in [0.25, 0.3) is 0 Å². The van der Waals surface area contributed by atoms with Gasteiger partial charge in [0.1, 0.15) is 4.90 Å². The van der Waals surface area contributed by atoms with Crippen molar-refractivity contribution in [2.45, 2.75) is 43.7 Å². The molecule has 2 N–H and O–H groups in total. The summed E-state index contributed by atoms with van der Waals surface area (Å²) in [6, 6.07) is -0.229. The van der Waals surface area contributed by atoms with Gasteiger partial charge in [0.2, 0.25) is 10.0 Å². The topological polar surface area (TPSA) is 90.5 Å². The van der Waals surface area contributed by atoms with Crippen molar-refractivity contribution >= 4 is 10.0 Å². The molecule has 0 saturated carbocycles. The van der Waals surface area contributed by atoms with Crippen LogP contribution in [-0.2, 0) is 21.8 Å². The molecule has 0 spiro atoms. The maximum Gasteiger partial charge on any atom is 0.247 e. The Morgan fingerprint density at radius 2 is 2.10 bits per heavy atom. The van der Waals surface area contributed by atoms with Gasteiger partial charge in [-0.1, -0.05) is 0 Å². The van der Waals surface area contributed by atoms with E-state index in [1.165, 1.54) is 4.31 Å². The summed E-state index contributed by atoms with van der Waals surface area (Å²) >= 11 is 0. The van der Waals surface area contributed by atoms with Gasteiger partial charge in [0.15, 0.2) is 0 Å². The highest BCUT2D eigenvalue weighted by Gasteiger charge is 2.38. The normalized spacial score (nSPS) is 24.4. The van der Waals surface area contributed by atoms with Crippen molar-refractivity contribution in [3.63, 3.8) is 0 Å². The average molecular weight is 316 g/mol. The molecule has 120 valence electrons. The van der Waals surface area contributed by atoms with Gasteiger partial charge < -0.3 is 10.5 Å². The second-order valence-electron chi connectivity index (χ2n) is 5.51. The number of ether oxygens (including phenoxy) is 1. The standard InChI is InChI=1S/C13H24N4O3S/c1-9-13(10(2)16(3)15-9)21(18,19)17-6-5-12(20-4)7-11(17)8-14/h11-12H,5-8,14H2,1-4H3. The molecular weight excluding hydrogens is 292 g/mol. The summed E-state index contributed by atoms with van der Waals surface area (Å²) in [5.74, 6) is 0. The summed E-state index contributed by atoms with van der Waals surface area (Å²) in [5, 5.41) is 4.21. The van der Waals surface area contributed by atoms with E-state index in [1.807, 2.05) is 0 Å². The van der Waals surface area contributed by atoms with E-state index in [-0.39, 0.29) is 18.7 Å². The molecule has 2 atom stereocenters. The summed E-state index contributed by atoms with van der Waals surface area (Å²) in [5.41, 5.74) is 6.96. The van der Waals surface area contributed by atoms with E-state index in [2.05, 4.69) is 5.10 Å². The molecule has 0 aromatic carbocycles. The first-order valence-electron chi connectivity index (χ1n) is 7.07. The highest BCUT2D eigenvalue weighted by atomic mass is 32.2. The van der Waals surface area contributed by atoms with Gasteiger partial charge in [-0.05, 0) is 26.7 Å². The highest BCUT2D eigenvalue weighted by molar-refractivity contribution is 7.89. The molecular formula is C13H24N4O3S. The molecule has 2 unspecified atom stereocenters. The first-order valence-corrected chi connectivity index (χ1v) is 8.51. The van der Waals surface area contributed by atoms with Crippen LogP contribution in [0, 0.1) is 13.8 Å². The summed E-state index contributed by atoms with van der Waals surface area (Å²) in [7, 11) is -0.181. The fourth-order valence-corrected chi connectivity index (χ4v) is 5.05. The molecule has 0 bridgehead atoms. The molecule has 0 aliphatic carbocycles. The zero-order chi connectivity index (χ0) is 15.8. The minimum Gasteiger partial charge on any atom is -0.381 e. The Morgan fingerprint density at radius 1 is 1.43 bits per heavy atom. The monoisotopic (exact) mass is 316 g/mol. The summed E-state index contributed by atoms with van der Waals surface area (Å²) in [6.07, 6.45) is 1.39. The predicted octanol–water partition coefficient (Wildman–Crippen LogP) is 0.164. The van der Waals surface area contributed by atoms with Gasteiger partial charge in [0, 0.05) is 33.3 Å². The van der Waals surface area contributed by atoms with Gasteiger partial charge >= 0.3 is 0 Å². The molecule has 21 heavy (non-hydrogen) atoms. The molecule has 0 radical (unpaired) electrons. The van der Waals surface area contributed by atoms with Crippen molar-refractivity contribution in [1.29, 1.82) is 0 Å². The Morgan fingerprint density at radius 3 is 2.57 bits per heavy atom. The Kier molecular flexibility index (Phi) is 4.72. The Hall–Kier alpha value is -0.960. The molecule has 1 saturated heterocycles. The SMILES string of the molecule is COC1CCN(S(=O)(=O)c2c(C)nn(C)c2C)C(CN)C1. The Bertz CT molecular complexity index is 611. The predicted molar refractivity (Wildman–Crippen MR) is 79.4 cm³/mol. The molecule has 8 heteroatoms. The number of aryl methyl sites for hydroxylation is 2. The third-order valence-corrected chi connectivity index (χ3v) is 6.43. The maximum atomic E-state index is 13.0. The first kappa shape index (κ1) is 16.4. The van der Waals surface area contributed by atoms with Crippen LogP contribution in [0.3, 0.4) is 0 Å². The number of nitrogens with zero attached hydrogens (tertiary/aromatic N) is 3. The van der Waals surface area contributed by atoms with Crippen molar-refractivity contribution in [1.82, 2.24) is 14.1 Å². The number of hydrogen-bond donors (Lipinski definition) is 1. The molecule has 1 aliphatic heterocycles. The lowest BCUT2D eigenvalue weighted by molar-refractivity contribution is 0.0401. The summed E-state index contributed by atoms with van der Waals surface area (Å²) in [6.45, 7) is 4.21. The summed E-state index contributed by atoms with van der Waals surface area (Å²) in [4.78, 5) is 0.305. The Labute approximate surface area is 126 Å². The van der Waals surface area contributed by atoms with E-state index in [1.54, 1.807) is 32.7 Å². The van der Waals surface area contributed by atoms with Gasteiger partial charge in [-0.15, -0.1) is 0 Å². The number of rotatable bonds is 4. The van der Waals surface area contributed by atoms with Gasteiger partial charge in [0.25, 0.3) is 0 Å². The van der Waals surface area contributed by atoms with E-state index in [9.17, 15) is 8.42 Å². The van der Waals surface area contributed by atoms with Crippen LogP contribution >= 0.6 is 0 Å². The highest BCUT2D eigenvalue weighted by Crippen LogP contribution is 2.29. The number of nitrogens with two attached hydrogens (primary N) is 1. The van der Waals surface area contributed by atoms with Crippen LogP contribution in [0.1, 0.15) is 24.2 Å². The first-order chi connectivity index (χ1) is 9.82. The van der Waals surface area contributed by atoms with E-state index >= 15 is 0 Å². The van der Waals surface area contributed by atoms with Crippen LogP contribution in [-0.4, -0.2) is 54.8 Å². The van der Waals surface area contributed by atoms with E-state index in [0.29, 0.717) is 35.7 Å². The van der Waals surface area contributed by atoms with Crippen LogP contribution in [0.2, 0.25) is 0 Å². The van der Waals surface area contributed by atoms with Crippen LogP contribution in [0.4, 0.5) is 0 Å². The summed E-state index contributed by atoms with van der Waals surface area (Å²) < 4.78 is 34.4. The molecule has 1 aliphatic rings. The maximum absolute atomic E-state index is 13.0. The lowest BCUT2D eigenvalue weighted by Crippen LogP contribution is -2.51. The minimum absolute atomic E-state index is 0.0705. The van der Waals surface area contributed by atoms with Crippen molar-refractivity contribution in [3.8, 4) is 0 Å². The van der Waals surface area contributed by atoms with Crippen molar-refractivity contribution in [3.05, 3.63) is 11.4 Å². The van der Waals surface area contributed by atoms with Gasteiger partial charge in [0.05, 0.1) is 17.5 Å². The number of sulfonamides is 1. The largest absolute Gasteiger partial charge is 0.381 e. The van der Waals surface area contributed by atoms with E-state index in [4.69, 9.17) is 10.5 Å². The van der Waals surface area contributed by atoms with Crippen molar-refractivity contribution in [2.24, 2.45) is 12.8 Å². The zero-order valence-electron chi connectivity index (χ0n) is 13.0.